The van der Waals surface area contributed by atoms with Crippen LogP contribution in [0.1, 0.15) is 76.3 Å². The number of furan rings is 1. The fraction of sp³-hybridized carbons (Fsp3) is 0.536. The largest absolute Gasteiger partial charge is 0.465 e. The van der Waals surface area contributed by atoms with Crippen LogP contribution in [-0.4, -0.2) is 36.8 Å². The Morgan fingerprint density at radius 3 is 2.23 bits per heavy atom. The predicted molar refractivity (Wildman–Crippen MR) is 129 cm³/mol. The summed E-state index contributed by atoms with van der Waals surface area (Å²) in [6.07, 6.45) is 7.14. The van der Waals surface area contributed by atoms with E-state index in [1.54, 1.807) is 37.1 Å². The van der Waals surface area contributed by atoms with E-state index in [0.29, 0.717) is 29.2 Å². The molecule has 2 aromatic rings. The van der Waals surface area contributed by atoms with Crippen molar-refractivity contribution >= 4 is 17.8 Å². The van der Waals surface area contributed by atoms with Crippen LogP contribution in [0.15, 0.2) is 34.7 Å². The van der Waals surface area contributed by atoms with Crippen LogP contribution in [0.25, 0.3) is 0 Å². The molecule has 7 nitrogen and oxygen atoms in total. The number of esters is 1. The van der Waals surface area contributed by atoms with E-state index in [9.17, 15) is 14.4 Å². The van der Waals surface area contributed by atoms with E-state index in [2.05, 4.69) is 5.32 Å². The summed E-state index contributed by atoms with van der Waals surface area (Å²) < 4.78 is 10.4. The minimum Gasteiger partial charge on any atom is -0.465 e. The third kappa shape index (κ3) is 4.60. The van der Waals surface area contributed by atoms with Crippen LogP contribution < -0.4 is 5.32 Å². The lowest BCUT2D eigenvalue weighted by Gasteiger charge is -2.55. The minimum absolute atomic E-state index is 0.148. The lowest BCUT2D eigenvalue weighted by molar-refractivity contribution is -0.146. The number of nitrogens with one attached hydrogen (secondary N) is 1. The van der Waals surface area contributed by atoms with Gasteiger partial charge in [0.1, 0.15) is 17.1 Å². The highest BCUT2D eigenvalue weighted by Gasteiger charge is 2.54. The summed E-state index contributed by atoms with van der Waals surface area (Å²) >= 11 is 0. The second-order valence-electron chi connectivity index (χ2n) is 10.9. The molecule has 4 bridgehead atoms. The van der Waals surface area contributed by atoms with Crippen molar-refractivity contribution in [2.45, 2.75) is 58.5 Å². The zero-order valence-corrected chi connectivity index (χ0v) is 20.8. The molecule has 35 heavy (non-hydrogen) atoms. The van der Waals surface area contributed by atoms with Gasteiger partial charge in [-0.3, -0.25) is 9.59 Å². The van der Waals surface area contributed by atoms with E-state index in [1.807, 2.05) is 12.1 Å². The number of benzene rings is 1. The number of hydrogen-bond donors (Lipinski definition) is 1. The quantitative estimate of drug-likeness (QED) is 0.593. The van der Waals surface area contributed by atoms with Crippen LogP contribution in [0.2, 0.25) is 0 Å². The molecule has 1 N–H and O–H groups in total. The Balaban J connectivity index is 1.16. The number of methoxy groups -OCH3 is 1. The van der Waals surface area contributed by atoms with Gasteiger partial charge in [0.15, 0.2) is 0 Å². The number of carbonyl (C=O) groups is 3. The van der Waals surface area contributed by atoms with Crippen LogP contribution in [0, 0.1) is 30.1 Å². The lowest BCUT2D eigenvalue weighted by Crippen LogP contribution is -2.53. The molecule has 1 heterocycles. The van der Waals surface area contributed by atoms with Crippen molar-refractivity contribution in [3.8, 4) is 0 Å². The van der Waals surface area contributed by atoms with E-state index in [1.165, 1.54) is 26.4 Å². The molecular weight excluding hydrogens is 444 g/mol. The number of hydrogen-bond acceptors (Lipinski definition) is 5. The molecule has 2 amide bonds. The first-order valence-corrected chi connectivity index (χ1v) is 12.6. The van der Waals surface area contributed by atoms with Gasteiger partial charge in [-0.25, -0.2) is 4.79 Å². The molecule has 4 saturated carbocycles. The first-order chi connectivity index (χ1) is 16.8. The molecule has 186 valence electrons. The minimum atomic E-state index is -0.461. The van der Waals surface area contributed by atoms with Crippen LogP contribution in [0.3, 0.4) is 0 Å². The maximum atomic E-state index is 13.2. The number of ether oxygens (including phenoxy) is 1. The van der Waals surface area contributed by atoms with E-state index >= 15 is 0 Å². The fourth-order valence-corrected chi connectivity index (χ4v) is 6.98. The Morgan fingerprint density at radius 1 is 1.06 bits per heavy atom. The van der Waals surface area contributed by atoms with Gasteiger partial charge in [-0.15, -0.1) is 0 Å². The van der Waals surface area contributed by atoms with Crippen LogP contribution >= 0.6 is 0 Å². The van der Waals surface area contributed by atoms with Crippen molar-refractivity contribution in [2.24, 2.45) is 23.2 Å². The standard InChI is InChI=1S/C28H34N2O5/c1-17-24(26(32)34-3)11-23(35-17)16-30(2)25(31)22-6-4-18(5-7-22)15-29-27(33)28-12-19-8-20(13-28)10-21(9-19)14-28/h4-7,11,19-21H,8-10,12-16H2,1-3H3,(H,29,33). The zero-order chi connectivity index (χ0) is 24.7. The van der Waals surface area contributed by atoms with Gasteiger partial charge in [0, 0.05) is 24.6 Å². The molecule has 4 aliphatic carbocycles. The van der Waals surface area contributed by atoms with Gasteiger partial charge in [0.2, 0.25) is 5.91 Å². The van der Waals surface area contributed by atoms with Crippen molar-refractivity contribution in [3.05, 3.63) is 58.5 Å². The van der Waals surface area contributed by atoms with Gasteiger partial charge in [-0.05, 0) is 87.0 Å². The van der Waals surface area contributed by atoms with Gasteiger partial charge < -0.3 is 19.4 Å². The molecule has 0 unspecified atom stereocenters. The monoisotopic (exact) mass is 478 g/mol. The Kier molecular flexibility index (Phi) is 6.20. The number of rotatable bonds is 7. The first kappa shape index (κ1) is 23.6. The summed E-state index contributed by atoms with van der Waals surface area (Å²) in [6.45, 7) is 2.41. The molecule has 4 fully saturated rings. The Bertz CT molecular complexity index is 1100. The third-order valence-electron chi connectivity index (χ3n) is 8.29. The molecule has 6 rings (SSSR count). The molecule has 0 saturated heterocycles. The highest BCUT2D eigenvalue weighted by Crippen LogP contribution is 2.60. The van der Waals surface area contributed by atoms with Gasteiger partial charge in [-0.2, -0.15) is 0 Å². The van der Waals surface area contributed by atoms with Gasteiger partial charge in [-0.1, -0.05) is 12.1 Å². The van der Waals surface area contributed by atoms with Crippen molar-refractivity contribution in [3.63, 3.8) is 0 Å². The maximum absolute atomic E-state index is 13.2. The molecule has 0 aliphatic heterocycles. The second-order valence-corrected chi connectivity index (χ2v) is 10.9. The molecular formula is C28H34N2O5. The molecule has 0 radical (unpaired) electrons. The van der Waals surface area contributed by atoms with Gasteiger partial charge >= 0.3 is 5.97 Å². The maximum Gasteiger partial charge on any atom is 0.341 e. The molecule has 4 aliphatic rings. The summed E-state index contributed by atoms with van der Waals surface area (Å²) in [7, 11) is 3.01. The zero-order valence-electron chi connectivity index (χ0n) is 20.8. The van der Waals surface area contributed by atoms with E-state index in [0.717, 1.165) is 42.6 Å². The summed E-state index contributed by atoms with van der Waals surface area (Å²) in [6, 6.07) is 8.98. The number of aryl methyl sites for hydroxylation is 1. The topological polar surface area (TPSA) is 88.9 Å². The fourth-order valence-electron chi connectivity index (χ4n) is 6.98. The summed E-state index contributed by atoms with van der Waals surface area (Å²) in [5, 5.41) is 3.20. The highest BCUT2D eigenvalue weighted by molar-refractivity contribution is 5.94. The molecule has 1 aromatic carbocycles. The smallest absolute Gasteiger partial charge is 0.341 e. The van der Waals surface area contributed by atoms with Crippen LogP contribution in [0.4, 0.5) is 0 Å². The molecule has 0 spiro atoms. The van der Waals surface area contributed by atoms with Gasteiger partial charge in [0.25, 0.3) is 5.91 Å². The highest BCUT2D eigenvalue weighted by atomic mass is 16.5. The van der Waals surface area contributed by atoms with Crippen molar-refractivity contribution in [1.82, 2.24) is 10.2 Å². The van der Waals surface area contributed by atoms with Gasteiger partial charge in [0.05, 0.1) is 13.7 Å². The summed E-state index contributed by atoms with van der Waals surface area (Å²) in [5.41, 5.74) is 1.75. The van der Waals surface area contributed by atoms with Crippen LogP contribution in [0.5, 0.6) is 0 Å². The third-order valence-corrected chi connectivity index (χ3v) is 8.29. The van der Waals surface area contributed by atoms with Crippen molar-refractivity contribution in [2.75, 3.05) is 14.2 Å². The number of amides is 2. The van der Waals surface area contributed by atoms with Crippen molar-refractivity contribution in [1.29, 1.82) is 0 Å². The normalized spacial score (nSPS) is 26.4. The van der Waals surface area contributed by atoms with E-state index in [4.69, 9.17) is 9.15 Å². The first-order valence-electron chi connectivity index (χ1n) is 12.6. The molecule has 7 heteroatoms. The number of nitrogens with zero attached hydrogens (tertiary/aromatic N) is 1. The average molecular weight is 479 g/mol. The molecule has 1 aromatic heterocycles. The van der Waals surface area contributed by atoms with Crippen LogP contribution in [-0.2, 0) is 22.6 Å². The number of carbonyl (C=O) groups excluding carboxylic acids is 3. The Labute approximate surface area is 206 Å². The van der Waals surface area contributed by atoms with E-state index < -0.39 is 5.97 Å². The Hall–Kier alpha value is -3.09. The Morgan fingerprint density at radius 2 is 1.66 bits per heavy atom. The lowest BCUT2D eigenvalue weighted by atomic mass is 9.49. The summed E-state index contributed by atoms with van der Waals surface area (Å²) in [4.78, 5) is 39.4. The second kappa shape index (κ2) is 9.17. The van der Waals surface area contributed by atoms with E-state index in [-0.39, 0.29) is 23.8 Å². The summed E-state index contributed by atoms with van der Waals surface area (Å²) in [5.74, 6) is 2.82. The SMILES string of the molecule is COC(=O)c1cc(CN(C)C(=O)c2ccc(CNC(=O)C34CC5CC(CC(C5)C3)C4)cc2)oc1C. The van der Waals surface area contributed by atoms with Crippen molar-refractivity contribution < 1.29 is 23.5 Å². The molecule has 0 atom stereocenters. The predicted octanol–water partition coefficient (Wildman–Crippen LogP) is 4.48. The average Bonchev–Trinajstić information content (AvgIpc) is 3.20.